The molecule has 9 heteroatoms. The zero-order valence-corrected chi connectivity index (χ0v) is 17.4. The van der Waals surface area contributed by atoms with Crippen molar-refractivity contribution in [2.24, 2.45) is 10.8 Å². The van der Waals surface area contributed by atoms with Crippen LogP contribution in [0.4, 0.5) is 10.1 Å². The minimum absolute atomic E-state index is 0.0667. The van der Waals surface area contributed by atoms with Crippen molar-refractivity contribution in [2.75, 3.05) is 25.6 Å². The normalized spacial score (nSPS) is 17.0. The van der Waals surface area contributed by atoms with Crippen molar-refractivity contribution in [1.82, 2.24) is 10.2 Å². The van der Waals surface area contributed by atoms with Crippen LogP contribution >= 0.6 is 11.6 Å². The molecule has 7 nitrogen and oxygen atoms in total. The molecule has 3 rings (SSSR count). The van der Waals surface area contributed by atoms with Crippen molar-refractivity contribution in [1.29, 1.82) is 0 Å². The quantitative estimate of drug-likeness (QED) is 0.703. The molecule has 1 aliphatic heterocycles. The molecule has 158 valence electrons. The van der Waals surface area contributed by atoms with Gasteiger partial charge >= 0.3 is 0 Å². The van der Waals surface area contributed by atoms with Crippen LogP contribution in [0.1, 0.15) is 18.0 Å². The molecule has 2 atom stereocenters. The molecular weight excluding hydrogens is 409 g/mol. The van der Waals surface area contributed by atoms with Gasteiger partial charge in [0, 0.05) is 18.0 Å². The lowest BCUT2D eigenvalue weighted by atomic mass is 10.1. The highest BCUT2D eigenvalue weighted by Gasteiger charge is 2.35. The Morgan fingerprint density at radius 1 is 1.27 bits per heavy atom. The topological polar surface area (TPSA) is 91.0 Å². The zero-order chi connectivity index (χ0) is 21.8. The Morgan fingerprint density at radius 3 is 2.53 bits per heavy atom. The Morgan fingerprint density at radius 2 is 1.93 bits per heavy atom. The maximum absolute atomic E-state index is 13.2. The van der Waals surface area contributed by atoms with Crippen LogP contribution in [0.5, 0.6) is 0 Å². The van der Waals surface area contributed by atoms with E-state index in [1.807, 2.05) is 37.2 Å². The van der Waals surface area contributed by atoms with Crippen molar-refractivity contribution in [3.8, 4) is 0 Å². The molecule has 0 saturated heterocycles. The zero-order valence-electron chi connectivity index (χ0n) is 16.7. The summed E-state index contributed by atoms with van der Waals surface area (Å²) in [6.45, 7) is 0.298. The Labute approximate surface area is 179 Å². The van der Waals surface area contributed by atoms with E-state index in [9.17, 15) is 14.0 Å². The second-order valence-electron chi connectivity index (χ2n) is 7.20. The van der Waals surface area contributed by atoms with Gasteiger partial charge in [0.1, 0.15) is 17.6 Å². The number of halogens is 2. The minimum atomic E-state index is -0.815. The number of primary amides is 1. The van der Waals surface area contributed by atoms with Crippen molar-refractivity contribution < 1.29 is 14.0 Å². The number of carbonyl (C=O) groups is 2. The largest absolute Gasteiger partial charge is 0.368 e. The lowest BCUT2D eigenvalue weighted by molar-refractivity contribution is -0.119. The van der Waals surface area contributed by atoms with Crippen LogP contribution in [-0.4, -0.2) is 49.1 Å². The number of likely N-dealkylation sites (N-methyl/N-ethyl adjacent to an activating group) is 1. The number of nitrogens with one attached hydrogen (secondary N) is 1. The van der Waals surface area contributed by atoms with Crippen molar-refractivity contribution in [3.05, 3.63) is 64.9 Å². The van der Waals surface area contributed by atoms with Gasteiger partial charge in [0.15, 0.2) is 0 Å². The van der Waals surface area contributed by atoms with Crippen molar-refractivity contribution >= 4 is 34.8 Å². The van der Waals surface area contributed by atoms with Crippen LogP contribution in [0.3, 0.4) is 0 Å². The molecule has 0 saturated carbocycles. The average Bonchev–Trinajstić information content (AvgIpc) is 3.15. The molecule has 0 aromatic heterocycles. The summed E-state index contributed by atoms with van der Waals surface area (Å²) >= 11 is 6.31. The second-order valence-corrected chi connectivity index (χ2v) is 7.61. The first kappa shape index (κ1) is 21.7. The van der Waals surface area contributed by atoms with Crippen LogP contribution in [0.15, 0.2) is 53.6 Å². The van der Waals surface area contributed by atoms with Crippen molar-refractivity contribution in [3.63, 3.8) is 0 Å². The van der Waals surface area contributed by atoms with E-state index >= 15 is 0 Å². The minimum Gasteiger partial charge on any atom is -0.368 e. The van der Waals surface area contributed by atoms with Gasteiger partial charge in [-0.05, 0) is 50.0 Å². The van der Waals surface area contributed by atoms with Gasteiger partial charge in [0.25, 0.3) is 5.91 Å². The number of hydrazone groups is 1. The van der Waals surface area contributed by atoms with Gasteiger partial charge in [-0.2, -0.15) is 5.10 Å². The molecule has 3 N–H and O–H groups in total. The van der Waals surface area contributed by atoms with Crippen LogP contribution in [0, 0.1) is 5.82 Å². The Hall–Kier alpha value is -2.97. The van der Waals surface area contributed by atoms with E-state index in [-0.39, 0.29) is 18.2 Å². The number of rotatable bonds is 7. The number of amides is 2. The third kappa shape index (κ3) is 4.77. The first-order valence-corrected chi connectivity index (χ1v) is 9.76. The molecule has 2 aromatic rings. The fourth-order valence-electron chi connectivity index (χ4n) is 3.31. The third-order valence-electron chi connectivity index (χ3n) is 4.94. The third-order valence-corrected chi connectivity index (χ3v) is 5.28. The van der Waals surface area contributed by atoms with E-state index in [2.05, 4.69) is 10.4 Å². The number of hydrogen-bond acceptors (Lipinski definition) is 5. The summed E-state index contributed by atoms with van der Waals surface area (Å²) in [5, 5.41) is 9.11. The monoisotopic (exact) mass is 431 g/mol. The highest BCUT2D eigenvalue weighted by molar-refractivity contribution is 6.40. The SMILES string of the molecule is CN(C)[C@H](CNC(=O)C1=NN(c2ccc(F)cc2)[C@@H](C(N)=O)C1)c1ccccc1Cl. The van der Waals surface area contributed by atoms with E-state index in [0.29, 0.717) is 17.3 Å². The van der Waals surface area contributed by atoms with Crippen LogP contribution in [0.2, 0.25) is 5.02 Å². The second kappa shape index (κ2) is 9.23. The van der Waals surface area contributed by atoms with E-state index in [4.69, 9.17) is 17.3 Å². The first-order chi connectivity index (χ1) is 14.3. The van der Waals surface area contributed by atoms with Crippen molar-refractivity contribution in [2.45, 2.75) is 18.5 Å². The van der Waals surface area contributed by atoms with Gasteiger partial charge in [-0.1, -0.05) is 29.8 Å². The summed E-state index contributed by atoms with van der Waals surface area (Å²) in [5.41, 5.74) is 7.04. The summed E-state index contributed by atoms with van der Waals surface area (Å²) in [6.07, 6.45) is 0.0667. The maximum Gasteiger partial charge on any atom is 0.267 e. The highest BCUT2D eigenvalue weighted by Crippen LogP contribution is 2.27. The van der Waals surface area contributed by atoms with Gasteiger partial charge in [0.05, 0.1) is 11.7 Å². The maximum atomic E-state index is 13.2. The molecule has 0 fully saturated rings. The van der Waals surface area contributed by atoms with Crippen LogP contribution < -0.4 is 16.1 Å². The van der Waals surface area contributed by atoms with E-state index < -0.39 is 23.7 Å². The number of benzene rings is 2. The smallest absolute Gasteiger partial charge is 0.267 e. The van der Waals surface area contributed by atoms with Gasteiger partial charge in [0.2, 0.25) is 5.91 Å². The average molecular weight is 432 g/mol. The van der Waals surface area contributed by atoms with E-state index in [1.54, 1.807) is 6.07 Å². The van der Waals surface area contributed by atoms with Gasteiger partial charge in [-0.15, -0.1) is 0 Å². The Bertz CT molecular complexity index is 964. The lowest BCUT2D eigenvalue weighted by Crippen LogP contribution is -2.40. The summed E-state index contributed by atoms with van der Waals surface area (Å²) < 4.78 is 13.2. The number of nitrogens with zero attached hydrogens (tertiary/aromatic N) is 3. The summed E-state index contributed by atoms with van der Waals surface area (Å²) in [4.78, 5) is 26.6. The number of carbonyl (C=O) groups excluding carboxylic acids is 2. The molecule has 1 heterocycles. The van der Waals surface area contributed by atoms with Crippen LogP contribution in [-0.2, 0) is 9.59 Å². The highest BCUT2D eigenvalue weighted by atomic mass is 35.5. The van der Waals surface area contributed by atoms with E-state index in [0.717, 1.165) is 5.56 Å². The number of nitrogens with two attached hydrogens (primary N) is 1. The molecule has 2 aromatic carbocycles. The van der Waals surface area contributed by atoms with E-state index in [1.165, 1.54) is 29.3 Å². The molecule has 0 bridgehead atoms. The fraction of sp³-hybridized carbons (Fsp3) is 0.286. The summed E-state index contributed by atoms with van der Waals surface area (Å²) in [7, 11) is 3.79. The predicted octanol–water partition coefficient (Wildman–Crippen LogP) is 2.32. The molecule has 2 amide bonds. The van der Waals surface area contributed by atoms with Crippen LogP contribution in [0.25, 0.3) is 0 Å². The molecule has 0 spiro atoms. The van der Waals surface area contributed by atoms with Gasteiger partial charge < -0.3 is 16.0 Å². The standard InChI is InChI=1S/C21H23ClFN5O2/c1-27(2)19(15-5-3-4-6-16(15)22)12-25-21(30)17-11-18(20(24)29)28(26-17)14-9-7-13(23)8-10-14/h3-10,18-19H,11-12H2,1-2H3,(H2,24,29)(H,25,30)/t18-,19-/m1/s1. The molecule has 30 heavy (non-hydrogen) atoms. The molecular formula is C21H23ClFN5O2. The molecule has 1 aliphatic rings. The summed E-state index contributed by atoms with van der Waals surface area (Å²) in [5.74, 6) is -1.43. The Kier molecular flexibility index (Phi) is 6.69. The lowest BCUT2D eigenvalue weighted by Gasteiger charge is -2.25. The molecule has 0 aliphatic carbocycles. The first-order valence-electron chi connectivity index (χ1n) is 9.38. The predicted molar refractivity (Wildman–Crippen MR) is 115 cm³/mol. The fourth-order valence-corrected chi connectivity index (χ4v) is 3.57. The Balaban J connectivity index is 1.75. The van der Waals surface area contributed by atoms with Gasteiger partial charge in [-0.25, -0.2) is 4.39 Å². The van der Waals surface area contributed by atoms with Gasteiger partial charge in [-0.3, -0.25) is 14.6 Å². The summed E-state index contributed by atoms with van der Waals surface area (Å²) in [6, 6.07) is 12.0. The number of hydrogen-bond donors (Lipinski definition) is 2. The molecule has 0 unspecified atom stereocenters. The molecule has 0 radical (unpaired) electrons. The number of anilines is 1.